The van der Waals surface area contributed by atoms with Crippen LogP contribution in [-0.4, -0.2) is 16.0 Å². The van der Waals surface area contributed by atoms with Crippen LogP contribution in [-0.2, 0) is 19.4 Å². The van der Waals surface area contributed by atoms with Gasteiger partial charge < -0.3 is 0 Å². The van der Waals surface area contributed by atoms with Crippen molar-refractivity contribution in [2.75, 3.05) is 0 Å². The number of halogens is 4. The van der Waals surface area contributed by atoms with E-state index in [4.69, 9.17) is 11.6 Å². The minimum Gasteiger partial charge on any atom is -0.260 e. The van der Waals surface area contributed by atoms with Crippen molar-refractivity contribution >= 4 is 11.6 Å². The van der Waals surface area contributed by atoms with E-state index in [1.54, 1.807) is 0 Å². The Balaban J connectivity index is 3.24. The van der Waals surface area contributed by atoms with E-state index in [9.17, 15) is 13.2 Å². The number of aromatic nitrogens is 2. The van der Waals surface area contributed by atoms with Crippen molar-refractivity contribution in [3.05, 3.63) is 17.0 Å². The predicted molar refractivity (Wildman–Crippen MR) is 65.9 cm³/mol. The van der Waals surface area contributed by atoms with Gasteiger partial charge in [0, 0.05) is 11.3 Å². The van der Waals surface area contributed by atoms with Gasteiger partial charge in [-0.15, -0.1) is 11.6 Å². The van der Waals surface area contributed by atoms with Gasteiger partial charge in [-0.2, -0.15) is 18.3 Å². The normalized spacial score (nSPS) is 13.9. The highest BCUT2D eigenvalue weighted by Gasteiger charge is 2.31. The molecule has 1 rings (SSSR count). The molecule has 1 aromatic heterocycles. The molecule has 6 heteroatoms. The van der Waals surface area contributed by atoms with Gasteiger partial charge in [-0.05, 0) is 19.3 Å². The average molecular weight is 283 g/mol. The molecular weight excluding hydrogens is 265 g/mol. The number of nitrogens with zero attached hydrogens (tertiary/aromatic N) is 2. The topological polar surface area (TPSA) is 17.8 Å². The molecule has 0 N–H and O–H groups in total. The first-order valence-electron chi connectivity index (χ1n) is 6.13. The van der Waals surface area contributed by atoms with Crippen LogP contribution in [0.25, 0.3) is 0 Å². The van der Waals surface area contributed by atoms with Crippen LogP contribution in [0.3, 0.4) is 0 Å². The lowest BCUT2D eigenvalue weighted by atomic mass is 10.0. The predicted octanol–water partition coefficient (Wildman–Crippen LogP) is 4.26. The second-order valence-corrected chi connectivity index (χ2v) is 4.69. The fraction of sp³-hybridized carbons (Fsp3) is 0.750. The monoisotopic (exact) mass is 282 g/mol. The minimum atomic E-state index is -4.26. The molecule has 0 spiro atoms. The number of hydrogen-bond donors (Lipinski definition) is 0. The largest absolute Gasteiger partial charge is 0.408 e. The Hall–Kier alpha value is -0.710. The fourth-order valence-corrected chi connectivity index (χ4v) is 2.32. The first-order valence-corrected chi connectivity index (χ1v) is 6.56. The van der Waals surface area contributed by atoms with Gasteiger partial charge in [0.1, 0.15) is 6.54 Å². The zero-order valence-corrected chi connectivity index (χ0v) is 11.6. The van der Waals surface area contributed by atoms with Crippen LogP contribution in [0.2, 0.25) is 0 Å². The Bertz CT molecular complexity index is 399. The summed E-state index contributed by atoms with van der Waals surface area (Å²) in [6, 6.07) is 0. The second kappa shape index (κ2) is 5.95. The summed E-state index contributed by atoms with van der Waals surface area (Å²) in [4.78, 5) is 0. The van der Waals surface area contributed by atoms with E-state index >= 15 is 0 Å². The molecule has 0 fully saturated rings. The summed E-state index contributed by atoms with van der Waals surface area (Å²) < 4.78 is 38.5. The number of rotatable bonds is 5. The van der Waals surface area contributed by atoms with Crippen LogP contribution >= 0.6 is 11.6 Å². The zero-order valence-electron chi connectivity index (χ0n) is 10.8. The average Bonchev–Trinajstić information content (AvgIpc) is 2.63. The molecule has 18 heavy (non-hydrogen) atoms. The van der Waals surface area contributed by atoms with E-state index < -0.39 is 12.7 Å². The van der Waals surface area contributed by atoms with Crippen LogP contribution < -0.4 is 0 Å². The Morgan fingerprint density at radius 2 is 1.83 bits per heavy atom. The third-order valence-electron chi connectivity index (χ3n) is 2.85. The number of aryl methyl sites for hydroxylation is 1. The molecule has 0 saturated heterocycles. The lowest BCUT2D eigenvalue weighted by Crippen LogP contribution is -2.20. The summed E-state index contributed by atoms with van der Waals surface area (Å²) in [5, 5.41) is 3.80. The van der Waals surface area contributed by atoms with Crippen LogP contribution in [0.4, 0.5) is 13.2 Å². The maximum atomic E-state index is 12.5. The zero-order chi connectivity index (χ0) is 13.9. The number of hydrogen-bond acceptors (Lipinski definition) is 1. The van der Waals surface area contributed by atoms with E-state index in [1.807, 2.05) is 20.8 Å². The summed E-state index contributed by atoms with van der Waals surface area (Å²) in [7, 11) is 0. The third-order valence-corrected chi connectivity index (χ3v) is 3.37. The summed E-state index contributed by atoms with van der Waals surface area (Å²) >= 11 is 6.21. The fourth-order valence-electron chi connectivity index (χ4n) is 2.07. The third kappa shape index (κ3) is 3.40. The molecule has 1 atom stereocenters. The van der Waals surface area contributed by atoms with Gasteiger partial charge in [0.05, 0.1) is 11.1 Å². The minimum absolute atomic E-state index is 0.267. The molecule has 104 valence electrons. The molecular formula is C12H18ClF3N2. The van der Waals surface area contributed by atoms with Gasteiger partial charge in [-0.3, -0.25) is 4.68 Å². The molecule has 0 aliphatic carbocycles. The van der Waals surface area contributed by atoms with Crippen molar-refractivity contribution < 1.29 is 13.2 Å². The van der Waals surface area contributed by atoms with E-state index in [0.717, 1.165) is 10.2 Å². The first kappa shape index (κ1) is 15.3. The van der Waals surface area contributed by atoms with E-state index in [-0.39, 0.29) is 5.38 Å². The summed E-state index contributed by atoms with van der Waals surface area (Å²) in [6.45, 7) is 4.57. The van der Waals surface area contributed by atoms with Gasteiger partial charge in [-0.25, -0.2) is 0 Å². The Labute approximate surface area is 110 Å². The highest BCUT2D eigenvalue weighted by atomic mass is 35.5. The molecule has 0 aliphatic heterocycles. The molecule has 0 bridgehead atoms. The SMILES string of the molecule is CCc1nn(CC(F)(F)F)c(CC)c1C(Cl)CC. The molecule has 0 radical (unpaired) electrons. The summed E-state index contributed by atoms with van der Waals surface area (Å²) in [5.41, 5.74) is 2.07. The number of alkyl halides is 4. The second-order valence-electron chi connectivity index (χ2n) is 4.16. The van der Waals surface area contributed by atoms with Gasteiger partial charge in [0.15, 0.2) is 0 Å². The van der Waals surface area contributed by atoms with Crippen LogP contribution in [0, 0.1) is 0 Å². The van der Waals surface area contributed by atoms with Gasteiger partial charge >= 0.3 is 6.18 Å². The first-order chi connectivity index (χ1) is 8.34. The quantitative estimate of drug-likeness (QED) is 0.738. The molecule has 1 aromatic rings. The Kier molecular flexibility index (Phi) is 5.08. The Morgan fingerprint density at radius 3 is 2.22 bits per heavy atom. The van der Waals surface area contributed by atoms with Crippen LogP contribution in [0.15, 0.2) is 0 Å². The van der Waals surface area contributed by atoms with Crippen LogP contribution in [0.5, 0.6) is 0 Å². The van der Waals surface area contributed by atoms with E-state index in [0.29, 0.717) is 30.7 Å². The highest BCUT2D eigenvalue weighted by Crippen LogP contribution is 2.32. The molecule has 1 unspecified atom stereocenters. The van der Waals surface area contributed by atoms with Gasteiger partial charge in [-0.1, -0.05) is 20.8 Å². The lowest BCUT2D eigenvalue weighted by molar-refractivity contribution is -0.143. The van der Waals surface area contributed by atoms with Crippen LogP contribution in [0.1, 0.15) is 49.5 Å². The highest BCUT2D eigenvalue weighted by molar-refractivity contribution is 6.20. The molecule has 0 aromatic carbocycles. The van der Waals surface area contributed by atoms with E-state index in [2.05, 4.69) is 5.10 Å². The molecule has 0 aliphatic rings. The van der Waals surface area contributed by atoms with Crippen molar-refractivity contribution in [3.63, 3.8) is 0 Å². The van der Waals surface area contributed by atoms with Gasteiger partial charge in [0.2, 0.25) is 0 Å². The lowest BCUT2D eigenvalue weighted by Gasteiger charge is -2.12. The molecule has 0 amide bonds. The van der Waals surface area contributed by atoms with Crippen molar-refractivity contribution in [1.29, 1.82) is 0 Å². The maximum Gasteiger partial charge on any atom is 0.408 e. The summed E-state index contributed by atoms with van der Waals surface area (Å²) in [6.07, 6.45) is -2.48. The molecule has 0 saturated carbocycles. The Morgan fingerprint density at radius 1 is 1.22 bits per heavy atom. The molecule has 2 nitrogen and oxygen atoms in total. The maximum absolute atomic E-state index is 12.5. The summed E-state index contributed by atoms with van der Waals surface area (Å²) in [5.74, 6) is 0. The van der Waals surface area contributed by atoms with Crippen molar-refractivity contribution in [2.24, 2.45) is 0 Å². The van der Waals surface area contributed by atoms with Crippen molar-refractivity contribution in [2.45, 2.75) is 58.1 Å². The van der Waals surface area contributed by atoms with Gasteiger partial charge in [0.25, 0.3) is 0 Å². The van der Waals surface area contributed by atoms with Crippen molar-refractivity contribution in [1.82, 2.24) is 9.78 Å². The smallest absolute Gasteiger partial charge is 0.260 e. The molecule has 1 heterocycles. The van der Waals surface area contributed by atoms with Crippen molar-refractivity contribution in [3.8, 4) is 0 Å². The van der Waals surface area contributed by atoms with E-state index in [1.165, 1.54) is 0 Å². The standard InChI is InChI=1S/C12H18ClF3N2/c1-4-8(13)11-9(5-2)17-18(10(11)6-3)7-12(14,15)16/h8H,4-7H2,1-3H3.